The average Bonchev–Trinajstić information content (AvgIpc) is 2.09. The second kappa shape index (κ2) is 4.33. The number of nitro groups is 2. The molecule has 7 heteroatoms. The maximum absolute atomic E-state index is 11.0. The largest absolute Gasteiger partial charge is 0.458 e. The second-order valence-corrected chi connectivity index (χ2v) is 3.74. The summed E-state index contributed by atoms with van der Waals surface area (Å²) < 4.78 is 0. The summed E-state index contributed by atoms with van der Waals surface area (Å²) in [7, 11) is 0. The van der Waals surface area contributed by atoms with Crippen molar-refractivity contribution in [3.8, 4) is 0 Å². The maximum atomic E-state index is 11.0. The zero-order valence-electron chi connectivity index (χ0n) is 8.18. The van der Waals surface area contributed by atoms with Gasteiger partial charge in [0.2, 0.25) is 0 Å². The van der Waals surface area contributed by atoms with Gasteiger partial charge >= 0.3 is 5.66 Å². The molecular weight excluding hydrogens is 204 g/mol. The molecule has 7 nitrogen and oxygen atoms in total. The molecule has 1 fully saturated rings. The van der Waals surface area contributed by atoms with Gasteiger partial charge in [-0.3, -0.25) is 25.0 Å². The molecule has 0 amide bonds. The summed E-state index contributed by atoms with van der Waals surface area (Å²) >= 11 is 0. The smallest absolute Gasteiger partial charge is 0.300 e. The Labute approximate surface area is 85.8 Å². The summed E-state index contributed by atoms with van der Waals surface area (Å²) in [5.74, 6) is 0.0373. The van der Waals surface area contributed by atoms with Crippen LogP contribution >= 0.6 is 0 Å². The van der Waals surface area contributed by atoms with Crippen LogP contribution in [0.15, 0.2) is 0 Å². The van der Waals surface area contributed by atoms with Crippen LogP contribution in [0.4, 0.5) is 0 Å². The molecule has 15 heavy (non-hydrogen) atoms. The normalized spacial score (nSPS) is 21.5. The molecule has 1 aliphatic rings. The zero-order valence-corrected chi connectivity index (χ0v) is 8.18. The lowest BCUT2D eigenvalue weighted by Gasteiger charge is -2.18. The molecular formula is C8H12N2O5. The molecule has 0 N–H and O–H groups in total. The molecule has 1 saturated carbocycles. The predicted octanol–water partition coefficient (Wildman–Crippen LogP) is 1.16. The maximum Gasteiger partial charge on any atom is 0.458 e. The molecule has 0 unspecified atom stereocenters. The lowest BCUT2D eigenvalue weighted by Crippen LogP contribution is -2.46. The summed E-state index contributed by atoms with van der Waals surface area (Å²) in [6.45, 7) is 0. The van der Waals surface area contributed by atoms with Gasteiger partial charge in [0.05, 0.1) is 22.7 Å². The van der Waals surface area contributed by atoms with Gasteiger partial charge in [0.25, 0.3) is 0 Å². The van der Waals surface area contributed by atoms with Gasteiger partial charge in [-0.1, -0.05) is 0 Å². The van der Waals surface area contributed by atoms with Gasteiger partial charge < -0.3 is 0 Å². The number of carbonyl (C=O) groups is 1. The predicted molar refractivity (Wildman–Crippen MR) is 49.4 cm³/mol. The Hall–Kier alpha value is -1.53. The zero-order chi connectivity index (χ0) is 11.5. The van der Waals surface area contributed by atoms with Crippen molar-refractivity contribution in [1.29, 1.82) is 0 Å². The van der Waals surface area contributed by atoms with Gasteiger partial charge in [-0.05, 0) is 12.8 Å². The highest BCUT2D eigenvalue weighted by atomic mass is 16.7. The molecule has 0 aromatic heterocycles. The van der Waals surface area contributed by atoms with Gasteiger partial charge in [-0.2, -0.15) is 0 Å². The third kappa shape index (κ3) is 2.28. The van der Waals surface area contributed by atoms with E-state index in [-0.39, 0.29) is 44.3 Å². The third-order valence-electron chi connectivity index (χ3n) is 2.75. The van der Waals surface area contributed by atoms with Gasteiger partial charge in [0, 0.05) is 12.8 Å². The van der Waals surface area contributed by atoms with E-state index in [1.807, 2.05) is 0 Å². The van der Waals surface area contributed by atoms with Crippen LogP contribution in [-0.2, 0) is 4.79 Å². The van der Waals surface area contributed by atoms with Crippen molar-refractivity contribution in [2.24, 2.45) is 0 Å². The molecule has 0 spiro atoms. The molecule has 0 aromatic rings. The van der Waals surface area contributed by atoms with Gasteiger partial charge in [-0.25, -0.2) is 0 Å². The van der Waals surface area contributed by atoms with Crippen molar-refractivity contribution in [2.45, 2.75) is 44.2 Å². The fraction of sp³-hybridized carbons (Fsp3) is 0.875. The van der Waals surface area contributed by atoms with Crippen molar-refractivity contribution in [3.63, 3.8) is 0 Å². The van der Waals surface area contributed by atoms with Gasteiger partial charge in [0.1, 0.15) is 5.78 Å². The summed E-state index contributed by atoms with van der Waals surface area (Å²) in [6, 6.07) is 0. The van der Waals surface area contributed by atoms with E-state index in [9.17, 15) is 25.0 Å². The summed E-state index contributed by atoms with van der Waals surface area (Å²) in [6.07, 6.45) is 0.561. The first-order valence-corrected chi connectivity index (χ1v) is 4.80. The SMILES string of the molecule is O=C1CCCC([N+](=O)[O-])([N+](=O)[O-])CCC1. The Morgan fingerprint density at radius 3 is 1.73 bits per heavy atom. The van der Waals surface area contributed by atoms with Gasteiger partial charge in [-0.15, -0.1) is 0 Å². The molecule has 0 atom stereocenters. The standard InChI is InChI=1S/C8H12N2O5/c11-7-3-1-5-8(9(12)13,10(14)15)6-2-4-7/h1-6H2. The highest BCUT2D eigenvalue weighted by Crippen LogP contribution is 2.28. The molecule has 84 valence electrons. The van der Waals surface area contributed by atoms with E-state index in [0.717, 1.165) is 0 Å². The monoisotopic (exact) mass is 216 g/mol. The van der Waals surface area contributed by atoms with Crippen molar-refractivity contribution < 1.29 is 14.6 Å². The van der Waals surface area contributed by atoms with Crippen LogP contribution in [0.25, 0.3) is 0 Å². The van der Waals surface area contributed by atoms with E-state index in [2.05, 4.69) is 0 Å². The fourth-order valence-corrected chi connectivity index (χ4v) is 1.82. The number of carbonyl (C=O) groups excluding carboxylic acids is 1. The summed E-state index contributed by atoms with van der Waals surface area (Å²) in [5.41, 5.74) is -2.07. The lowest BCUT2D eigenvalue weighted by atomic mass is 9.91. The van der Waals surface area contributed by atoms with Crippen LogP contribution in [-0.4, -0.2) is 21.3 Å². The molecule has 0 saturated heterocycles. The minimum atomic E-state index is -2.07. The fourth-order valence-electron chi connectivity index (χ4n) is 1.82. The van der Waals surface area contributed by atoms with Crippen LogP contribution < -0.4 is 0 Å². The van der Waals surface area contributed by atoms with Crippen molar-refractivity contribution in [1.82, 2.24) is 0 Å². The topological polar surface area (TPSA) is 103 Å². The highest BCUT2D eigenvalue weighted by molar-refractivity contribution is 5.78. The van der Waals surface area contributed by atoms with Crippen molar-refractivity contribution in [3.05, 3.63) is 20.2 Å². The number of rotatable bonds is 2. The summed E-state index contributed by atoms with van der Waals surface area (Å²) in [4.78, 5) is 30.9. The van der Waals surface area contributed by atoms with E-state index in [4.69, 9.17) is 0 Å². The number of Topliss-reactive ketones (excluding diaryl/α,β-unsaturated/α-hetero) is 1. The third-order valence-corrected chi connectivity index (χ3v) is 2.75. The van der Waals surface area contributed by atoms with Gasteiger partial charge in [0.15, 0.2) is 0 Å². The first kappa shape index (κ1) is 11.5. The van der Waals surface area contributed by atoms with E-state index >= 15 is 0 Å². The summed E-state index contributed by atoms with van der Waals surface area (Å²) in [5, 5.41) is 21.5. The van der Waals surface area contributed by atoms with E-state index in [0.29, 0.717) is 0 Å². The molecule has 0 aromatic carbocycles. The minimum absolute atomic E-state index is 0.0373. The van der Waals surface area contributed by atoms with Crippen LogP contribution in [0.2, 0.25) is 0 Å². The number of nitrogens with zero attached hydrogens (tertiary/aromatic N) is 2. The Kier molecular flexibility index (Phi) is 3.33. The van der Waals surface area contributed by atoms with Crippen LogP contribution in [0.3, 0.4) is 0 Å². The van der Waals surface area contributed by atoms with Crippen LogP contribution in [0.5, 0.6) is 0 Å². The molecule has 1 aliphatic carbocycles. The van der Waals surface area contributed by atoms with E-state index in [1.54, 1.807) is 0 Å². The molecule has 0 radical (unpaired) electrons. The number of hydrogen-bond acceptors (Lipinski definition) is 5. The quantitative estimate of drug-likeness (QED) is 0.391. The number of hydrogen-bond donors (Lipinski definition) is 0. The van der Waals surface area contributed by atoms with E-state index < -0.39 is 15.5 Å². The average molecular weight is 216 g/mol. The molecule has 0 heterocycles. The number of ketones is 1. The highest BCUT2D eigenvalue weighted by Gasteiger charge is 2.55. The van der Waals surface area contributed by atoms with Crippen molar-refractivity contribution >= 4 is 5.78 Å². The second-order valence-electron chi connectivity index (χ2n) is 3.74. The Morgan fingerprint density at radius 1 is 1.00 bits per heavy atom. The lowest BCUT2D eigenvalue weighted by molar-refractivity contribution is -0.799. The Bertz CT molecular complexity index is 273. The molecule has 0 bridgehead atoms. The Balaban J connectivity index is 2.84. The van der Waals surface area contributed by atoms with Crippen LogP contribution in [0, 0.1) is 20.2 Å². The van der Waals surface area contributed by atoms with E-state index in [1.165, 1.54) is 0 Å². The van der Waals surface area contributed by atoms with Crippen LogP contribution in [0.1, 0.15) is 38.5 Å². The Morgan fingerprint density at radius 2 is 1.40 bits per heavy atom. The van der Waals surface area contributed by atoms with Crippen molar-refractivity contribution in [2.75, 3.05) is 0 Å². The molecule has 0 aliphatic heterocycles. The first-order valence-electron chi connectivity index (χ1n) is 4.80. The minimum Gasteiger partial charge on any atom is -0.300 e. The first-order chi connectivity index (χ1) is 6.99. The molecule has 1 rings (SSSR count).